The summed E-state index contributed by atoms with van der Waals surface area (Å²) in [4.78, 5) is 28.3. The zero-order valence-electron chi connectivity index (χ0n) is 18.1. The van der Waals surface area contributed by atoms with Crippen molar-refractivity contribution < 1.29 is 14.3 Å². The van der Waals surface area contributed by atoms with Gasteiger partial charge in [-0.15, -0.1) is 0 Å². The summed E-state index contributed by atoms with van der Waals surface area (Å²) >= 11 is 0. The van der Waals surface area contributed by atoms with Gasteiger partial charge in [0.1, 0.15) is 5.60 Å². The number of carbonyl (C=O) groups is 2. The van der Waals surface area contributed by atoms with Crippen LogP contribution in [0.4, 0.5) is 15.3 Å². The van der Waals surface area contributed by atoms with Gasteiger partial charge in [0.2, 0.25) is 0 Å². The highest BCUT2D eigenvalue weighted by Gasteiger charge is 2.27. The predicted molar refractivity (Wildman–Crippen MR) is 113 cm³/mol. The topological polar surface area (TPSA) is 61.9 Å². The summed E-state index contributed by atoms with van der Waals surface area (Å²) in [6, 6.07) is 7.92. The van der Waals surface area contributed by atoms with Crippen molar-refractivity contribution in [2.45, 2.75) is 59.0 Å². The number of amides is 3. The molecule has 1 N–H and O–H groups in total. The van der Waals surface area contributed by atoms with E-state index >= 15 is 0 Å². The van der Waals surface area contributed by atoms with E-state index in [9.17, 15) is 9.59 Å². The second-order valence-corrected chi connectivity index (χ2v) is 9.02. The fourth-order valence-corrected chi connectivity index (χ4v) is 3.35. The number of hydrogen-bond donors (Lipinski definition) is 1. The normalized spacial score (nSPS) is 17.4. The minimum atomic E-state index is -0.505. The highest BCUT2D eigenvalue weighted by atomic mass is 16.6. The summed E-state index contributed by atoms with van der Waals surface area (Å²) in [5.41, 5.74) is 1.55. The van der Waals surface area contributed by atoms with Gasteiger partial charge in [-0.25, -0.2) is 9.59 Å². The third-order valence-electron chi connectivity index (χ3n) is 4.87. The van der Waals surface area contributed by atoms with Crippen LogP contribution in [0.2, 0.25) is 0 Å². The van der Waals surface area contributed by atoms with Crippen LogP contribution in [0.25, 0.3) is 0 Å². The first-order valence-corrected chi connectivity index (χ1v) is 10.1. The molecular formula is C22H35N3O3. The molecule has 1 aliphatic rings. The van der Waals surface area contributed by atoms with Gasteiger partial charge in [-0.1, -0.05) is 26.0 Å². The van der Waals surface area contributed by atoms with Gasteiger partial charge in [0.15, 0.2) is 0 Å². The molecule has 0 spiro atoms. The molecule has 0 bridgehead atoms. The van der Waals surface area contributed by atoms with Crippen LogP contribution < -0.4 is 5.32 Å². The molecular weight excluding hydrogens is 354 g/mol. The van der Waals surface area contributed by atoms with Gasteiger partial charge < -0.3 is 19.9 Å². The van der Waals surface area contributed by atoms with Crippen LogP contribution in [-0.4, -0.2) is 54.2 Å². The quantitative estimate of drug-likeness (QED) is 0.795. The second kappa shape index (κ2) is 9.30. The highest BCUT2D eigenvalue weighted by molar-refractivity contribution is 5.89. The molecule has 28 heavy (non-hydrogen) atoms. The zero-order valence-corrected chi connectivity index (χ0v) is 18.1. The Labute approximate surface area is 169 Å². The highest BCUT2D eigenvalue weighted by Crippen LogP contribution is 2.21. The number of carbonyl (C=O) groups excluding carboxylic acids is 2. The van der Waals surface area contributed by atoms with Gasteiger partial charge in [-0.3, -0.25) is 0 Å². The van der Waals surface area contributed by atoms with Crippen LogP contribution in [0.5, 0.6) is 0 Å². The Hall–Kier alpha value is -2.24. The number of likely N-dealkylation sites (tertiary alicyclic amines) is 1. The van der Waals surface area contributed by atoms with Crippen molar-refractivity contribution in [1.82, 2.24) is 9.80 Å². The third-order valence-corrected chi connectivity index (χ3v) is 4.87. The first kappa shape index (κ1) is 22.1. The van der Waals surface area contributed by atoms with E-state index in [-0.39, 0.29) is 18.0 Å². The number of piperidine rings is 1. The fourth-order valence-electron chi connectivity index (χ4n) is 3.35. The van der Waals surface area contributed by atoms with E-state index in [1.54, 1.807) is 11.9 Å². The summed E-state index contributed by atoms with van der Waals surface area (Å²) in [6.07, 6.45) is 1.62. The molecule has 0 aromatic heterocycles. The molecule has 6 nitrogen and oxygen atoms in total. The number of rotatable bonds is 4. The second-order valence-electron chi connectivity index (χ2n) is 9.02. The maximum Gasteiger partial charge on any atom is 0.410 e. The van der Waals surface area contributed by atoms with Crippen LogP contribution in [0.1, 0.15) is 58.9 Å². The summed E-state index contributed by atoms with van der Waals surface area (Å²) < 4.78 is 5.41. The number of nitrogens with one attached hydrogen (secondary N) is 1. The van der Waals surface area contributed by atoms with E-state index in [2.05, 4.69) is 31.3 Å². The Morgan fingerprint density at radius 1 is 1.25 bits per heavy atom. The molecule has 0 aliphatic carbocycles. The van der Waals surface area contributed by atoms with E-state index in [1.807, 2.05) is 37.8 Å². The lowest BCUT2D eigenvalue weighted by atomic mass is 9.98. The molecule has 156 valence electrons. The Balaban J connectivity index is 1.87. The van der Waals surface area contributed by atoms with Crippen LogP contribution >= 0.6 is 0 Å². The maximum atomic E-state index is 12.6. The van der Waals surface area contributed by atoms with Crippen LogP contribution in [0.15, 0.2) is 24.3 Å². The molecule has 0 radical (unpaired) electrons. The van der Waals surface area contributed by atoms with Crippen molar-refractivity contribution in [2.24, 2.45) is 5.92 Å². The molecule has 3 amide bonds. The van der Waals surface area contributed by atoms with Crippen molar-refractivity contribution in [3.05, 3.63) is 29.8 Å². The first-order chi connectivity index (χ1) is 13.0. The smallest absolute Gasteiger partial charge is 0.410 e. The Morgan fingerprint density at radius 3 is 2.46 bits per heavy atom. The maximum absolute atomic E-state index is 12.6. The monoisotopic (exact) mass is 389 g/mol. The zero-order chi connectivity index (χ0) is 20.9. The average Bonchev–Trinajstić information content (AvgIpc) is 2.61. The van der Waals surface area contributed by atoms with Crippen molar-refractivity contribution in [1.29, 1.82) is 0 Å². The Kier molecular flexibility index (Phi) is 7.33. The number of benzene rings is 1. The third kappa shape index (κ3) is 6.73. The van der Waals surface area contributed by atoms with Gasteiger partial charge in [-0.05, 0) is 63.1 Å². The molecule has 1 aliphatic heterocycles. The molecule has 6 heteroatoms. The minimum Gasteiger partial charge on any atom is -0.444 e. The van der Waals surface area contributed by atoms with Gasteiger partial charge in [0, 0.05) is 32.4 Å². The lowest BCUT2D eigenvalue weighted by Gasteiger charge is -2.35. The fraction of sp³-hybridized carbons (Fsp3) is 0.636. The largest absolute Gasteiger partial charge is 0.444 e. The number of urea groups is 1. The molecule has 1 atom stereocenters. The van der Waals surface area contributed by atoms with Gasteiger partial charge in [-0.2, -0.15) is 0 Å². The molecule has 1 saturated heterocycles. The molecule has 1 unspecified atom stereocenters. The van der Waals surface area contributed by atoms with E-state index in [1.165, 1.54) is 5.56 Å². The molecule has 1 fully saturated rings. The SMILES string of the molecule is CC(C)c1ccc(NC(=O)N2CCCC(CN(C)C(=O)OC(C)(C)C)C2)cc1. The summed E-state index contributed by atoms with van der Waals surface area (Å²) in [5.74, 6) is 0.718. The van der Waals surface area contributed by atoms with Crippen molar-refractivity contribution in [2.75, 3.05) is 32.0 Å². The molecule has 2 rings (SSSR count). The number of nitrogens with zero attached hydrogens (tertiary/aromatic N) is 2. The van der Waals surface area contributed by atoms with Crippen molar-refractivity contribution in [3.8, 4) is 0 Å². The predicted octanol–water partition coefficient (Wildman–Crippen LogP) is 4.92. The number of hydrogen-bond acceptors (Lipinski definition) is 3. The Bertz CT molecular complexity index is 665. The summed E-state index contributed by atoms with van der Waals surface area (Å²) in [5, 5.41) is 2.99. The van der Waals surface area contributed by atoms with Crippen LogP contribution in [0, 0.1) is 5.92 Å². The summed E-state index contributed by atoms with van der Waals surface area (Å²) in [6.45, 7) is 11.8. The average molecular weight is 390 g/mol. The van der Waals surface area contributed by atoms with Gasteiger partial charge in [0.05, 0.1) is 0 Å². The minimum absolute atomic E-state index is 0.0816. The molecule has 0 saturated carbocycles. The van der Waals surface area contributed by atoms with Gasteiger partial charge >= 0.3 is 12.1 Å². The van der Waals surface area contributed by atoms with E-state index in [0.29, 0.717) is 19.0 Å². The Morgan fingerprint density at radius 2 is 1.89 bits per heavy atom. The molecule has 1 heterocycles. The van der Waals surface area contributed by atoms with Crippen LogP contribution in [-0.2, 0) is 4.74 Å². The lowest BCUT2D eigenvalue weighted by Crippen LogP contribution is -2.46. The van der Waals surface area contributed by atoms with E-state index in [0.717, 1.165) is 25.1 Å². The number of anilines is 1. The van der Waals surface area contributed by atoms with Crippen molar-refractivity contribution in [3.63, 3.8) is 0 Å². The lowest BCUT2D eigenvalue weighted by molar-refractivity contribution is 0.0253. The first-order valence-electron chi connectivity index (χ1n) is 10.1. The standard InChI is InChI=1S/C22H35N3O3/c1-16(2)18-9-11-19(12-10-18)23-20(26)25-13-7-8-17(15-25)14-24(6)21(27)28-22(3,4)5/h9-12,16-17H,7-8,13-15H2,1-6H3,(H,23,26). The molecule has 1 aromatic carbocycles. The molecule has 1 aromatic rings. The van der Waals surface area contributed by atoms with Gasteiger partial charge in [0.25, 0.3) is 0 Å². The summed E-state index contributed by atoms with van der Waals surface area (Å²) in [7, 11) is 1.75. The van der Waals surface area contributed by atoms with Crippen molar-refractivity contribution >= 4 is 17.8 Å². The number of ether oxygens (including phenoxy) is 1. The van der Waals surface area contributed by atoms with Crippen LogP contribution in [0.3, 0.4) is 0 Å². The van der Waals surface area contributed by atoms with E-state index in [4.69, 9.17) is 4.74 Å². The van der Waals surface area contributed by atoms with E-state index < -0.39 is 5.60 Å².